The van der Waals surface area contributed by atoms with E-state index in [0.29, 0.717) is 17.0 Å². The molecule has 0 unspecified atom stereocenters. The summed E-state index contributed by atoms with van der Waals surface area (Å²) >= 11 is 7.55. The molecule has 2 aromatic carbocycles. The number of amides is 1. The molecular formula is C14H12BrNO2S. The highest BCUT2D eigenvalue weighted by molar-refractivity contribution is 9.10. The van der Waals surface area contributed by atoms with Gasteiger partial charge in [0.1, 0.15) is 5.75 Å². The zero-order valence-electron chi connectivity index (χ0n) is 10.2. The molecule has 0 saturated heterocycles. The van der Waals surface area contributed by atoms with E-state index in [9.17, 15) is 4.79 Å². The number of rotatable bonds is 3. The van der Waals surface area contributed by atoms with Gasteiger partial charge in [-0.05, 0) is 42.5 Å². The maximum atomic E-state index is 12.1. The lowest BCUT2D eigenvalue weighted by atomic mass is 10.2. The molecule has 0 bridgehead atoms. The van der Waals surface area contributed by atoms with Gasteiger partial charge in [-0.2, -0.15) is 0 Å². The molecule has 5 heteroatoms. The monoisotopic (exact) mass is 337 g/mol. The molecule has 0 aromatic heterocycles. The van der Waals surface area contributed by atoms with Crippen molar-refractivity contribution >= 4 is 40.2 Å². The van der Waals surface area contributed by atoms with Gasteiger partial charge in [0.2, 0.25) is 0 Å². The van der Waals surface area contributed by atoms with Gasteiger partial charge in [0.05, 0.1) is 12.8 Å². The van der Waals surface area contributed by atoms with Crippen molar-refractivity contribution < 1.29 is 9.53 Å². The Morgan fingerprint density at radius 1 is 1.21 bits per heavy atom. The largest absolute Gasteiger partial charge is 0.495 e. The molecule has 0 radical (unpaired) electrons. The molecule has 0 aliphatic carbocycles. The minimum absolute atomic E-state index is 0.190. The Hall–Kier alpha value is -1.46. The summed E-state index contributed by atoms with van der Waals surface area (Å²) in [6.45, 7) is 0. The van der Waals surface area contributed by atoms with Crippen LogP contribution >= 0.6 is 28.6 Å². The number of benzene rings is 2. The number of ether oxygens (including phenoxy) is 1. The summed E-state index contributed by atoms with van der Waals surface area (Å²) in [5.41, 5.74) is 1.19. The highest BCUT2D eigenvalue weighted by atomic mass is 79.9. The number of halogens is 1. The Morgan fingerprint density at radius 2 is 1.89 bits per heavy atom. The quantitative estimate of drug-likeness (QED) is 0.831. The van der Waals surface area contributed by atoms with E-state index in [1.165, 1.54) is 0 Å². The predicted molar refractivity (Wildman–Crippen MR) is 82.3 cm³/mol. The third-order valence-electron chi connectivity index (χ3n) is 2.54. The first-order valence-electron chi connectivity index (χ1n) is 5.54. The molecule has 3 nitrogen and oxygen atoms in total. The molecule has 0 fully saturated rings. The van der Waals surface area contributed by atoms with Crippen molar-refractivity contribution in [2.24, 2.45) is 0 Å². The van der Waals surface area contributed by atoms with Gasteiger partial charge in [-0.1, -0.05) is 15.9 Å². The fraction of sp³-hybridized carbons (Fsp3) is 0.0714. The highest BCUT2D eigenvalue weighted by Gasteiger charge is 2.10. The van der Waals surface area contributed by atoms with Gasteiger partial charge in [0, 0.05) is 14.9 Å². The van der Waals surface area contributed by atoms with Crippen LogP contribution in [0.15, 0.2) is 51.8 Å². The van der Waals surface area contributed by atoms with E-state index in [4.69, 9.17) is 4.74 Å². The van der Waals surface area contributed by atoms with E-state index in [1.807, 2.05) is 6.07 Å². The zero-order chi connectivity index (χ0) is 13.8. The fourth-order valence-corrected chi connectivity index (χ4v) is 2.10. The average molecular weight is 338 g/mol. The molecular weight excluding hydrogens is 326 g/mol. The van der Waals surface area contributed by atoms with E-state index in [0.717, 1.165) is 9.37 Å². The average Bonchev–Trinajstić information content (AvgIpc) is 2.39. The van der Waals surface area contributed by atoms with Crippen LogP contribution in [0, 0.1) is 0 Å². The minimum atomic E-state index is -0.190. The van der Waals surface area contributed by atoms with Crippen LogP contribution in [0.25, 0.3) is 0 Å². The second-order valence-electron chi connectivity index (χ2n) is 3.85. The lowest BCUT2D eigenvalue weighted by molar-refractivity contribution is 0.102. The molecule has 0 saturated carbocycles. The van der Waals surface area contributed by atoms with Crippen LogP contribution in [0.1, 0.15) is 10.4 Å². The molecule has 0 atom stereocenters. The summed E-state index contributed by atoms with van der Waals surface area (Å²) in [6.07, 6.45) is 0. The number of hydrogen-bond acceptors (Lipinski definition) is 3. The Kier molecular flexibility index (Phi) is 4.50. The maximum absolute atomic E-state index is 12.1. The maximum Gasteiger partial charge on any atom is 0.255 e. The summed E-state index contributed by atoms with van der Waals surface area (Å²) in [6, 6.07) is 12.4. The molecule has 1 N–H and O–H groups in total. The number of nitrogens with one attached hydrogen (secondary N) is 1. The number of thiol groups is 1. The molecule has 19 heavy (non-hydrogen) atoms. The van der Waals surface area contributed by atoms with E-state index in [2.05, 4.69) is 33.9 Å². The van der Waals surface area contributed by atoms with Crippen LogP contribution in [0.2, 0.25) is 0 Å². The second kappa shape index (κ2) is 6.12. The van der Waals surface area contributed by atoms with Gasteiger partial charge in [-0.15, -0.1) is 12.6 Å². The van der Waals surface area contributed by atoms with Gasteiger partial charge in [-0.25, -0.2) is 0 Å². The van der Waals surface area contributed by atoms with Gasteiger partial charge in [-0.3, -0.25) is 4.79 Å². The number of carbonyl (C=O) groups is 1. The lowest BCUT2D eigenvalue weighted by Gasteiger charge is -2.10. The van der Waals surface area contributed by atoms with Crippen LogP contribution in [-0.4, -0.2) is 13.0 Å². The molecule has 0 aliphatic rings. The molecule has 0 heterocycles. The molecule has 0 aliphatic heterocycles. The van der Waals surface area contributed by atoms with Crippen molar-refractivity contribution in [2.45, 2.75) is 4.90 Å². The first-order chi connectivity index (χ1) is 9.10. The number of carbonyl (C=O) groups excluding carboxylic acids is 1. The van der Waals surface area contributed by atoms with Crippen LogP contribution in [0.5, 0.6) is 5.75 Å². The van der Waals surface area contributed by atoms with Crippen molar-refractivity contribution in [1.29, 1.82) is 0 Å². The zero-order valence-corrected chi connectivity index (χ0v) is 12.7. The highest BCUT2D eigenvalue weighted by Crippen LogP contribution is 2.28. The van der Waals surface area contributed by atoms with Crippen LogP contribution < -0.4 is 10.1 Å². The molecule has 0 spiro atoms. The standard InChI is InChI=1S/C14H12BrNO2S/c1-18-13-7-4-10(15)8-12(13)16-14(17)9-2-5-11(19)6-3-9/h2-8,19H,1H3,(H,16,17). The number of hydrogen-bond donors (Lipinski definition) is 2. The van der Waals surface area contributed by atoms with Gasteiger partial charge >= 0.3 is 0 Å². The van der Waals surface area contributed by atoms with Crippen LogP contribution in [0.3, 0.4) is 0 Å². The molecule has 1 amide bonds. The van der Waals surface area contributed by atoms with E-state index < -0.39 is 0 Å². The van der Waals surface area contributed by atoms with Crippen LogP contribution in [0.4, 0.5) is 5.69 Å². The van der Waals surface area contributed by atoms with Crippen LogP contribution in [-0.2, 0) is 0 Å². The smallest absolute Gasteiger partial charge is 0.255 e. The summed E-state index contributed by atoms with van der Waals surface area (Å²) in [7, 11) is 1.56. The Morgan fingerprint density at radius 3 is 2.53 bits per heavy atom. The summed E-state index contributed by atoms with van der Waals surface area (Å²) in [5.74, 6) is 0.423. The van der Waals surface area contributed by atoms with Crippen molar-refractivity contribution in [3.05, 3.63) is 52.5 Å². The second-order valence-corrected chi connectivity index (χ2v) is 5.28. The van der Waals surface area contributed by atoms with E-state index >= 15 is 0 Å². The summed E-state index contributed by atoms with van der Waals surface area (Å²) in [4.78, 5) is 12.9. The first kappa shape index (κ1) is 14.0. The SMILES string of the molecule is COc1ccc(Br)cc1NC(=O)c1ccc(S)cc1. The van der Waals surface area contributed by atoms with Gasteiger partial charge < -0.3 is 10.1 Å². The normalized spacial score (nSPS) is 10.1. The Bertz CT molecular complexity index is 599. The topological polar surface area (TPSA) is 38.3 Å². The van der Waals surface area contributed by atoms with Gasteiger partial charge in [0.25, 0.3) is 5.91 Å². The van der Waals surface area contributed by atoms with E-state index in [1.54, 1.807) is 43.5 Å². The molecule has 2 aromatic rings. The van der Waals surface area contributed by atoms with Crippen molar-refractivity contribution in [3.63, 3.8) is 0 Å². The summed E-state index contributed by atoms with van der Waals surface area (Å²) in [5, 5.41) is 2.82. The third kappa shape index (κ3) is 3.52. The number of methoxy groups -OCH3 is 1. The Balaban J connectivity index is 2.23. The van der Waals surface area contributed by atoms with Gasteiger partial charge in [0.15, 0.2) is 0 Å². The lowest BCUT2D eigenvalue weighted by Crippen LogP contribution is -2.12. The molecule has 2 rings (SSSR count). The summed E-state index contributed by atoms with van der Waals surface area (Å²) < 4.78 is 6.08. The number of anilines is 1. The minimum Gasteiger partial charge on any atom is -0.495 e. The van der Waals surface area contributed by atoms with Crippen molar-refractivity contribution in [2.75, 3.05) is 12.4 Å². The fourth-order valence-electron chi connectivity index (χ4n) is 1.59. The first-order valence-corrected chi connectivity index (χ1v) is 6.78. The van der Waals surface area contributed by atoms with Crippen molar-refractivity contribution in [3.8, 4) is 5.75 Å². The van der Waals surface area contributed by atoms with Crippen molar-refractivity contribution in [1.82, 2.24) is 0 Å². The third-order valence-corrected chi connectivity index (χ3v) is 3.33. The molecule has 98 valence electrons. The Labute approximate surface area is 125 Å². The predicted octanol–water partition coefficient (Wildman–Crippen LogP) is 4.00. The van der Waals surface area contributed by atoms with E-state index in [-0.39, 0.29) is 5.91 Å².